The number of nitrogens with zero attached hydrogens (tertiary/aromatic N) is 1. The first-order valence-corrected chi connectivity index (χ1v) is 6.69. The first-order chi connectivity index (χ1) is 9.06. The first kappa shape index (κ1) is 14.0. The smallest absolute Gasteiger partial charge is 0.262 e. The van der Waals surface area contributed by atoms with Gasteiger partial charge in [0, 0.05) is 7.11 Å². The molecule has 0 aliphatic rings. The predicted octanol–water partition coefficient (Wildman–Crippen LogP) is 2.90. The quantitative estimate of drug-likeness (QED) is 0.875. The van der Waals surface area contributed by atoms with E-state index in [-0.39, 0.29) is 17.5 Å². The third-order valence-electron chi connectivity index (χ3n) is 3.28. The summed E-state index contributed by atoms with van der Waals surface area (Å²) < 4.78 is 7.30. The lowest BCUT2D eigenvalue weighted by atomic mass is 10.1. The van der Waals surface area contributed by atoms with Crippen LogP contribution in [-0.4, -0.2) is 23.3 Å². The SMILES string of the molecule is COCC(C(C)C)n1c(=S)[nH]c2ccccc2c1=O. The molecule has 0 radical (unpaired) electrons. The Bertz CT molecular complexity index is 688. The Hall–Kier alpha value is -1.46. The molecule has 1 heterocycles. The molecule has 0 saturated heterocycles. The van der Waals surface area contributed by atoms with Crippen LogP contribution in [0.15, 0.2) is 29.1 Å². The van der Waals surface area contributed by atoms with E-state index in [1.165, 1.54) is 0 Å². The van der Waals surface area contributed by atoms with Crippen molar-refractivity contribution in [3.63, 3.8) is 0 Å². The Balaban J connectivity index is 2.72. The summed E-state index contributed by atoms with van der Waals surface area (Å²) in [5.74, 6) is 0.258. The number of ether oxygens (including phenoxy) is 1. The minimum atomic E-state index is -0.0640. The number of hydrogen-bond acceptors (Lipinski definition) is 3. The number of methoxy groups -OCH3 is 1. The number of nitrogens with one attached hydrogen (secondary N) is 1. The number of aromatic amines is 1. The summed E-state index contributed by atoms with van der Waals surface area (Å²) in [6, 6.07) is 7.34. The molecule has 1 aromatic heterocycles. The van der Waals surface area contributed by atoms with E-state index in [1.54, 1.807) is 11.7 Å². The number of hydrogen-bond donors (Lipinski definition) is 1. The molecule has 1 aromatic carbocycles. The van der Waals surface area contributed by atoms with Gasteiger partial charge in [-0.2, -0.15) is 0 Å². The van der Waals surface area contributed by atoms with Gasteiger partial charge in [-0.1, -0.05) is 26.0 Å². The monoisotopic (exact) mass is 278 g/mol. The Labute approximate surface area is 117 Å². The molecule has 2 rings (SSSR count). The second kappa shape index (κ2) is 5.67. The van der Waals surface area contributed by atoms with Crippen LogP contribution in [0.5, 0.6) is 0 Å². The molecule has 0 aliphatic heterocycles. The molecule has 0 spiro atoms. The normalized spacial score (nSPS) is 13.1. The third kappa shape index (κ3) is 2.62. The fourth-order valence-electron chi connectivity index (χ4n) is 2.21. The highest BCUT2D eigenvalue weighted by atomic mass is 32.1. The van der Waals surface area contributed by atoms with Crippen LogP contribution in [0.1, 0.15) is 19.9 Å². The summed E-state index contributed by atoms with van der Waals surface area (Å²) in [6.45, 7) is 4.58. The van der Waals surface area contributed by atoms with Crippen molar-refractivity contribution < 1.29 is 4.74 Å². The van der Waals surface area contributed by atoms with E-state index < -0.39 is 0 Å². The molecule has 1 N–H and O–H groups in total. The van der Waals surface area contributed by atoms with Gasteiger partial charge in [-0.05, 0) is 30.3 Å². The zero-order chi connectivity index (χ0) is 14.0. The maximum atomic E-state index is 12.6. The Kier molecular flexibility index (Phi) is 4.17. The molecule has 0 aliphatic carbocycles. The van der Waals surface area contributed by atoms with E-state index >= 15 is 0 Å². The average molecular weight is 278 g/mol. The molecule has 0 saturated carbocycles. The van der Waals surface area contributed by atoms with Crippen molar-refractivity contribution in [1.82, 2.24) is 9.55 Å². The van der Waals surface area contributed by atoms with Crippen LogP contribution in [0, 0.1) is 10.7 Å². The number of benzene rings is 1. The largest absolute Gasteiger partial charge is 0.383 e. The van der Waals surface area contributed by atoms with Gasteiger partial charge in [-0.25, -0.2) is 0 Å². The summed E-state index contributed by atoms with van der Waals surface area (Å²) in [6.07, 6.45) is 0. The molecule has 2 aromatic rings. The van der Waals surface area contributed by atoms with Crippen LogP contribution in [0.25, 0.3) is 10.9 Å². The number of fused-ring (bicyclic) bond motifs is 1. The molecule has 4 nitrogen and oxygen atoms in total. The molecular formula is C14H18N2O2S. The Morgan fingerprint density at radius 1 is 1.37 bits per heavy atom. The minimum Gasteiger partial charge on any atom is -0.383 e. The van der Waals surface area contributed by atoms with Gasteiger partial charge in [0.1, 0.15) is 0 Å². The van der Waals surface area contributed by atoms with Crippen molar-refractivity contribution in [2.75, 3.05) is 13.7 Å². The molecule has 1 atom stereocenters. The molecule has 1 unspecified atom stereocenters. The van der Waals surface area contributed by atoms with E-state index in [0.717, 1.165) is 5.52 Å². The maximum absolute atomic E-state index is 12.6. The summed E-state index contributed by atoms with van der Waals surface area (Å²) >= 11 is 5.33. The molecule has 0 fully saturated rings. The van der Waals surface area contributed by atoms with Gasteiger partial charge in [0.15, 0.2) is 4.77 Å². The number of para-hydroxylation sites is 1. The van der Waals surface area contributed by atoms with Crippen LogP contribution < -0.4 is 5.56 Å². The van der Waals surface area contributed by atoms with Gasteiger partial charge in [0.05, 0.1) is 23.6 Å². The second-order valence-corrected chi connectivity index (χ2v) is 5.30. The Morgan fingerprint density at radius 2 is 2.05 bits per heavy atom. The predicted molar refractivity (Wildman–Crippen MR) is 79.1 cm³/mol. The zero-order valence-corrected chi connectivity index (χ0v) is 12.2. The van der Waals surface area contributed by atoms with Crippen molar-refractivity contribution >= 4 is 23.1 Å². The highest BCUT2D eigenvalue weighted by molar-refractivity contribution is 7.71. The zero-order valence-electron chi connectivity index (χ0n) is 11.3. The molecule has 19 heavy (non-hydrogen) atoms. The van der Waals surface area contributed by atoms with Crippen LogP contribution in [0.3, 0.4) is 0 Å². The highest BCUT2D eigenvalue weighted by Crippen LogP contribution is 2.18. The van der Waals surface area contributed by atoms with Crippen LogP contribution >= 0.6 is 12.2 Å². The van der Waals surface area contributed by atoms with E-state index in [0.29, 0.717) is 16.8 Å². The molecular weight excluding hydrogens is 260 g/mol. The van der Waals surface area contributed by atoms with E-state index in [9.17, 15) is 4.79 Å². The minimum absolute atomic E-state index is 0.0601. The van der Waals surface area contributed by atoms with Gasteiger partial charge < -0.3 is 9.72 Å². The second-order valence-electron chi connectivity index (χ2n) is 4.92. The summed E-state index contributed by atoms with van der Waals surface area (Å²) in [5, 5.41) is 0.651. The van der Waals surface area contributed by atoms with E-state index in [4.69, 9.17) is 17.0 Å². The summed E-state index contributed by atoms with van der Waals surface area (Å²) in [4.78, 5) is 15.7. The molecule has 5 heteroatoms. The average Bonchev–Trinajstić information content (AvgIpc) is 2.37. The third-order valence-corrected chi connectivity index (χ3v) is 3.57. The standard InChI is InChI=1S/C14H18N2O2S/c1-9(2)12(8-18-3)16-13(17)10-6-4-5-7-11(10)15-14(16)19/h4-7,9,12H,8H2,1-3H3,(H,15,19). The molecule has 0 amide bonds. The lowest BCUT2D eigenvalue weighted by Gasteiger charge is -2.23. The topological polar surface area (TPSA) is 47.0 Å². The fraction of sp³-hybridized carbons (Fsp3) is 0.429. The molecule has 102 valence electrons. The maximum Gasteiger partial charge on any atom is 0.262 e. The van der Waals surface area contributed by atoms with Crippen molar-refractivity contribution in [2.24, 2.45) is 5.92 Å². The van der Waals surface area contributed by atoms with Gasteiger partial charge in [-0.3, -0.25) is 9.36 Å². The van der Waals surface area contributed by atoms with Gasteiger partial charge in [0.25, 0.3) is 5.56 Å². The van der Waals surface area contributed by atoms with Crippen molar-refractivity contribution in [3.8, 4) is 0 Å². The van der Waals surface area contributed by atoms with Crippen molar-refractivity contribution in [3.05, 3.63) is 39.4 Å². The first-order valence-electron chi connectivity index (χ1n) is 6.28. The fourth-order valence-corrected chi connectivity index (χ4v) is 2.54. The van der Waals surface area contributed by atoms with Crippen molar-refractivity contribution in [1.29, 1.82) is 0 Å². The lowest BCUT2D eigenvalue weighted by molar-refractivity contribution is 0.130. The number of H-pyrrole nitrogens is 1. The van der Waals surface area contributed by atoms with Crippen LogP contribution in [0.2, 0.25) is 0 Å². The van der Waals surface area contributed by atoms with E-state index in [1.807, 2.05) is 24.3 Å². The number of rotatable bonds is 4. The summed E-state index contributed by atoms with van der Waals surface area (Å²) in [7, 11) is 1.63. The molecule has 0 bridgehead atoms. The van der Waals surface area contributed by atoms with Gasteiger partial charge >= 0.3 is 0 Å². The lowest BCUT2D eigenvalue weighted by Crippen LogP contribution is -2.32. The van der Waals surface area contributed by atoms with Gasteiger partial charge in [-0.15, -0.1) is 0 Å². The van der Waals surface area contributed by atoms with Crippen LogP contribution in [0.4, 0.5) is 0 Å². The van der Waals surface area contributed by atoms with Gasteiger partial charge in [0.2, 0.25) is 0 Å². The highest BCUT2D eigenvalue weighted by Gasteiger charge is 2.19. The van der Waals surface area contributed by atoms with Crippen LogP contribution in [-0.2, 0) is 4.74 Å². The van der Waals surface area contributed by atoms with Crippen molar-refractivity contribution in [2.45, 2.75) is 19.9 Å². The number of aromatic nitrogens is 2. The summed E-state index contributed by atoms with van der Waals surface area (Å²) in [5.41, 5.74) is 0.712. The van der Waals surface area contributed by atoms with E-state index in [2.05, 4.69) is 18.8 Å². The Morgan fingerprint density at radius 3 is 2.68 bits per heavy atom.